The zero-order valence-corrected chi connectivity index (χ0v) is 25.8. The summed E-state index contributed by atoms with van der Waals surface area (Å²) in [4.78, 5) is 26.7. The Balaban J connectivity index is 1.39. The molecule has 0 spiro atoms. The highest BCUT2D eigenvalue weighted by Gasteiger charge is 2.50. The first-order chi connectivity index (χ1) is 22.5. The van der Waals surface area contributed by atoms with E-state index in [1.165, 1.54) is 32.2 Å². The minimum atomic E-state index is -1.60. The summed E-state index contributed by atoms with van der Waals surface area (Å²) < 4.78 is 40.6. The fourth-order valence-electron chi connectivity index (χ4n) is 6.78. The predicted molar refractivity (Wildman–Crippen MR) is 165 cm³/mol. The van der Waals surface area contributed by atoms with Crippen molar-refractivity contribution in [2.24, 2.45) is 0 Å². The molecular formula is C33H34O14. The van der Waals surface area contributed by atoms with E-state index >= 15 is 0 Å². The lowest BCUT2D eigenvalue weighted by atomic mass is 9.95. The van der Waals surface area contributed by atoms with Crippen molar-refractivity contribution in [1.29, 1.82) is 0 Å². The molecule has 6 unspecified atom stereocenters. The molecule has 3 aromatic carbocycles. The van der Waals surface area contributed by atoms with Crippen molar-refractivity contribution in [1.82, 2.24) is 0 Å². The van der Waals surface area contributed by atoms with Gasteiger partial charge in [0.15, 0.2) is 18.0 Å². The molecule has 14 heteroatoms. The summed E-state index contributed by atoms with van der Waals surface area (Å²) in [5, 5.41) is 55.3. The number of hydrogen-bond donors (Lipinski definition) is 5. The molecule has 10 atom stereocenters. The SMILES string of the molecule is CCc1ccc2oc(=O)c3c(O)c4cccc(O[C@@H]5OC(C)[C@H](O)C(O)C5O[C@H]5OC(C)[C@H](O)C(OC)C5O)c4c4oc(=O)c1c2c34. The van der Waals surface area contributed by atoms with Crippen LogP contribution < -0.4 is 16.0 Å². The van der Waals surface area contributed by atoms with Crippen LogP contribution in [0.5, 0.6) is 11.5 Å². The van der Waals surface area contributed by atoms with Crippen LogP contribution in [-0.4, -0.2) is 94.1 Å². The summed E-state index contributed by atoms with van der Waals surface area (Å²) in [6.07, 6.45) is -12.5. The third-order valence-electron chi connectivity index (χ3n) is 9.29. The number of phenols is 1. The van der Waals surface area contributed by atoms with E-state index in [4.69, 9.17) is 32.5 Å². The van der Waals surface area contributed by atoms with E-state index < -0.39 is 78.4 Å². The number of aliphatic hydroxyl groups is 4. The summed E-state index contributed by atoms with van der Waals surface area (Å²) in [5.74, 6) is -0.416. The van der Waals surface area contributed by atoms with Gasteiger partial charge in [0.1, 0.15) is 53.0 Å². The molecule has 7 rings (SSSR count). The van der Waals surface area contributed by atoms with Crippen molar-refractivity contribution in [2.75, 3.05) is 7.11 Å². The van der Waals surface area contributed by atoms with Gasteiger partial charge in [-0.15, -0.1) is 0 Å². The largest absolute Gasteiger partial charge is 0.506 e. The number of rotatable bonds is 6. The lowest BCUT2D eigenvalue weighted by molar-refractivity contribution is -0.353. The fraction of sp³-hybridized carbons (Fsp3) is 0.455. The molecule has 0 aliphatic carbocycles. The Bertz CT molecular complexity index is 2090. The van der Waals surface area contributed by atoms with Crippen LogP contribution in [0, 0.1) is 0 Å². The van der Waals surface area contributed by atoms with E-state index in [2.05, 4.69) is 0 Å². The predicted octanol–water partition coefficient (Wildman–Crippen LogP) is 1.62. The van der Waals surface area contributed by atoms with Gasteiger partial charge >= 0.3 is 11.3 Å². The Morgan fingerprint density at radius 1 is 0.745 bits per heavy atom. The second kappa shape index (κ2) is 11.7. The molecule has 0 amide bonds. The van der Waals surface area contributed by atoms with Gasteiger partial charge in [0.25, 0.3) is 0 Å². The van der Waals surface area contributed by atoms with Gasteiger partial charge in [0.05, 0.1) is 23.0 Å². The smallest absolute Gasteiger partial charge is 0.348 e. The van der Waals surface area contributed by atoms with Gasteiger partial charge < -0.3 is 58.1 Å². The molecule has 0 bridgehead atoms. The molecule has 0 saturated carbocycles. The van der Waals surface area contributed by atoms with Crippen LogP contribution in [0.25, 0.3) is 43.5 Å². The molecule has 2 fully saturated rings. The molecule has 5 N–H and O–H groups in total. The van der Waals surface area contributed by atoms with E-state index in [-0.39, 0.29) is 43.8 Å². The number of benzene rings is 3. The summed E-state index contributed by atoms with van der Waals surface area (Å²) in [6, 6.07) is 7.80. The summed E-state index contributed by atoms with van der Waals surface area (Å²) in [6.45, 7) is 4.93. The van der Waals surface area contributed by atoms with Crippen LogP contribution in [0.15, 0.2) is 48.8 Å². The van der Waals surface area contributed by atoms with Gasteiger partial charge in [0.2, 0.25) is 6.29 Å². The van der Waals surface area contributed by atoms with Crippen molar-refractivity contribution in [3.8, 4) is 11.5 Å². The molecular weight excluding hydrogens is 620 g/mol. The molecule has 4 heterocycles. The van der Waals surface area contributed by atoms with E-state index in [0.29, 0.717) is 17.4 Å². The van der Waals surface area contributed by atoms with Crippen molar-refractivity contribution in [3.05, 3.63) is 56.7 Å². The van der Waals surface area contributed by atoms with Crippen LogP contribution in [-0.2, 0) is 25.4 Å². The number of fused-ring (bicyclic) bond motifs is 2. The lowest BCUT2D eigenvalue weighted by Crippen LogP contribution is -2.64. The van der Waals surface area contributed by atoms with Gasteiger partial charge in [-0.1, -0.05) is 25.1 Å². The minimum Gasteiger partial charge on any atom is -0.506 e. The molecule has 47 heavy (non-hydrogen) atoms. The van der Waals surface area contributed by atoms with Crippen LogP contribution >= 0.6 is 0 Å². The van der Waals surface area contributed by atoms with E-state index in [1.54, 1.807) is 19.1 Å². The summed E-state index contributed by atoms with van der Waals surface area (Å²) >= 11 is 0. The fourth-order valence-corrected chi connectivity index (χ4v) is 6.78. The number of aryl methyl sites for hydroxylation is 1. The third-order valence-corrected chi connectivity index (χ3v) is 9.29. The lowest BCUT2D eigenvalue weighted by Gasteiger charge is -2.46. The Labute approximate surface area is 265 Å². The van der Waals surface area contributed by atoms with E-state index in [0.717, 1.165) is 0 Å². The van der Waals surface area contributed by atoms with Gasteiger partial charge in [-0.25, -0.2) is 9.59 Å². The molecule has 2 aliphatic heterocycles. The second-order valence-electron chi connectivity index (χ2n) is 12.0. The number of ether oxygens (including phenoxy) is 5. The highest BCUT2D eigenvalue weighted by atomic mass is 16.8. The van der Waals surface area contributed by atoms with Crippen molar-refractivity contribution < 1.29 is 58.1 Å². The third kappa shape index (κ3) is 4.78. The van der Waals surface area contributed by atoms with Crippen molar-refractivity contribution >= 4 is 43.5 Å². The number of phenolic OH excluding ortho intramolecular Hbond substituents is 1. The number of aliphatic hydroxyl groups excluding tert-OH is 4. The Hall–Kier alpha value is -3.86. The average molecular weight is 655 g/mol. The molecule has 250 valence electrons. The summed E-state index contributed by atoms with van der Waals surface area (Å²) in [7, 11) is 1.31. The van der Waals surface area contributed by atoms with Crippen LogP contribution in [0.2, 0.25) is 0 Å². The molecule has 5 aromatic rings. The minimum absolute atomic E-state index is 0.0112. The highest BCUT2D eigenvalue weighted by Crippen LogP contribution is 2.45. The van der Waals surface area contributed by atoms with Crippen molar-refractivity contribution in [2.45, 2.75) is 88.6 Å². The van der Waals surface area contributed by atoms with E-state index in [1.807, 2.05) is 6.92 Å². The van der Waals surface area contributed by atoms with Gasteiger partial charge in [-0.05, 0) is 38.0 Å². The van der Waals surface area contributed by atoms with Gasteiger partial charge in [-0.2, -0.15) is 0 Å². The maximum atomic E-state index is 13.5. The van der Waals surface area contributed by atoms with Crippen LogP contribution in [0.4, 0.5) is 0 Å². The zero-order valence-electron chi connectivity index (χ0n) is 25.8. The van der Waals surface area contributed by atoms with Crippen LogP contribution in [0.1, 0.15) is 26.3 Å². The monoisotopic (exact) mass is 654 g/mol. The van der Waals surface area contributed by atoms with E-state index in [9.17, 15) is 35.1 Å². The number of aromatic hydroxyl groups is 1. The Kier molecular flexibility index (Phi) is 7.88. The quantitative estimate of drug-likeness (QED) is 0.100. The maximum Gasteiger partial charge on any atom is 0.348 e. The van der Waals surface area contributed by atoms with Crippen molar-refractivity contribution in [3.63, 3.8) is 0 Å². The van der Waals surface area contributed by atoms with Gasteiger partial charge in [-0.3, -0.25) is 0 Å². The second-order valence-corrected chi connectivity index (χ2v) is 12.0. The average Bonchev–Trinajstić information content (AvgIpc) is 3.05. The highest BCUT2D eigenvalue weighted by molar-refractivity contribution is 6.28. The first-order valence-electron chi connectivity index (χ1n) is 15.3. The Morgan fingerprint density at radius 3 is 2.17 bits per heavy atom. The molecule has 14 nitrogen and oxygen atoms in total. The molecule has 2 aliphatic rings. The first-order valence-corrected chi connectivity index (χ1v) is 15.3. The normalized spacial score (nSPS) is 31.7. The number of methoxy groups -OCH3 is 1. The summed E-state index contributed by atoms with van der Waals surface area (Å²) in [5.41, 5.74) is -0.770. The molecule has 0 radical (unpaired) electrons. The molecule has 2 saturated heterocycles. The first kappa shape index (κ1) is 31.7. The maximum absolute atomic E-state index is 13.5. The zero-order chi connectivity index (χ0) is 33.5. The Morgan fingerprint density at radius 2 is 1.45 bits per heavy atom. The van der Waals surface area contributed by atoms with Gasteiger partial charge in [0, 0.05) is 23.3 Å². The standard InChI is InChI=1S/C33H34O14/c1-5-13-9-10-16-19-17(13)30(39)46-27-18-14(24(36)21(20(19)27)31(40)44-16)7-6-8-15(18)45-33-29(25(37)22(34)11(2)43-33)47-32-26(38)28(41-4)23(35)12(3)42-32/h6-12,22-23,25-26,28-29,32-38H,5H2,1-4H3/t11?,12?,22-,23-,25?,26?,28?,29?,32+,33-/m0/s1. The molecule has 2 aromatic heterocycles. The van der Waals surface area contributed by atoms with Crippen LogP contribution in [0.3, 0.4) is 0 Å². The number of hydrogen-bond acceptors (Lipinski definition) is 14. The topological polar surface area (TPSA) is 208 Å².